The van der Waals surface area contributed by atoms with E-state index >= 15 is 0 Å². The highest BCUT2D eigenvalue weighted by molar-refractivity contribution is 6.05. The Bertz CT molecular complexity index is 779. The van der Waals surface area contributed by atoms with Crippen molar-refractivity contribution in [2.45, 2.75) is 51.6 Å². The number of amides is 1. The van der Waals surface area contributed by atoms with Crippen molar-refractivity contribution < 1.29 is 14.3 Å². The summed E-state index contributed by atoms with van der Waals surface area (Å²) in [5, 5.41) is 0. The average molecular weight is 383 g/mol. The van der Waals surface area contributed by atoms with Gasteiger partial charge in [-0.2, -0.15) is 0 Å². The van der Waals surface area contributed by atoms with Crippen LogP contribution in [0.3, 0.4) is 0 Å². The molecular formula is C23H30N2O3. The number of anilines is 1. The van der Waals surface area contributed by atoms with Crippen LogP contribution < -0.4 is 20.1 Å². The van der Waals surface area contributed by atoms with E-state index in [4.69, 9.17) is 15.2 Å². The first-order valence-electron chi connectivity index (χ1n) is 10.2. The minimum Gasteiger partial charge on any atom is -0.493 e. The molecule has 1 aliphatic heterocycles. The van der Waals surface area contributed by atoms with Gasteiger partial charge >= 0.3 is 0 Å². The largest absolute Gasteiger partial charge is 0.493 e. The van der Waals surface area contributed by atoms with E-state index < -0.39 is 6.04 Å². The lowest BCUT2D eigenvalue weighted by Gasteiger charge is -2.46. The Morgan fingerprint density at radius 3 is 2.32 bits per heavy atom. The van der Waals surface area contributed by atoms with E-state index in [0.29, 0.717) is 13.2 Å². The van der Waals surface area contributed by atoms with Crippen LogP contribution in [0.15, 0.2) is 48.5 Å². The van der Waals surface area contributed by atoms with Crippen LogP contribution in [0.1, 0.15) is 51.1 Å². The number of carbonyl (C=O) groups is 1. The molecule has 1 aliphatic rings. The third kappa shape index (κ3) is 4.30. The molecule has 1 heterocycles. The summed E-state index contributed by atoms with van der Waals surface area (Å²) in [5.41, 5.74) is 7.98. The summed E-state index contributed by atoms with van der Waals surface area (Å²) in [6.45, 7) is 5.58. The van der Waals surface area contributed by atoms with Crippen LogP contribution in [-0.4, -0.2) is 25.2 Å². The second-order valence-electron chi connectivity index (χ2n) is 7.12. The zero-order chi connectivity index (χ0) is 19.9. The smallest absolute Gasteiger partial charge is 0.247 e. The van der Waals surface area contributed by atoms with Gasteiger partial charge in [-0.1, -0.05) is 44.9 Å². The second-order valence-corrected chi connectivity index (χ2v) is 7.12. The summed E-state index contributed by atoms with van der Waals surface area (Å²) < 4.78 is 11.9. The molecule has 2 aromatic carbocycles. The first kappa shape index (κ1) is 20.2. The lowest BCUT2D eigenvalue weighted by molar-refractivity contribution is -0.126. The zero-order valence-electron chi connectivity index (χ0n) is 16.8. The van der Waals surface area contributed by atoms with Crippen molar-refractivity contribution in [3.63, 3.8) is 0 Å². The van der Waals surface area contributed by atoms with Gasteiger partial charge in [0.15, 0.2) is 0 Å². The van der Waals surface area contributed by atoms with E-state index in [1.807, 2.05) is 48.5 Å². The Hall–Kier alpha value is -2.53. The number of hydrogen-bond acceptors (Lipinski definition) is 4. The topological polar surface area (TPSA) is 64.8 Å². The molecular weight excluding hydrogens is 352 g/mol. The van der Waals surface area contributed by atoms with Crippen LogP contribution in [0.2, 0.25) is 0 Å². The molecule has 0 spiro atoms. The summed E-state index contributed by atoms with van der Waals surface area (Å²) in [4.78, 5) is 14.2. The molecule has 0 saturated carbocycles. The number of unbranched alkanes of at least 4 members (excludes halogenated alkanes) is 2. The molecule has 5 heteroatoms. The molecule has 1 fully saturated rings. The molecule has 2 N–H and O–H groups in total. The Morgan fingerprint density at radius 1 is 0.964 bits per heavy atom. The molecule has 3 rings (SSSR count). The number of hydrogen-bond donors (Lipinski definition) is 1. The lowest BCUT2D eigenvalue weighted by atomic mass is 9.87. The maximum atomic E-state index is 12.5. The van der Waals surface area contributed by atoms with Gasteiger partial charge in [-0.3, -0.25) is 4.79 Å². The molecule has 0 unspecified atom stereocenters. The molecule has 0 radical (unpaired) electrons. The molecule has 2 aromatic rings. The van der Waals surface area contributed by atoms with E-state index in [9.17, 15) is 4.79 Å². The predicted octanol–water partition coefficient (Wildman–Crippen LogP) is 4.46. The first-order chi connectivity index (χ1) is 13.7. The fourth-order valence-corrected chi connectivity index (χ4v) is 3.35. The van der Waals surface area contributed by atoms with Crippen LogP contribution in [0, 0.1) is 0 Å². The van der Waals surface area contributed by atoms with Crippen LogP contribution in [0.5, 0.6) is 11.5 Å². The van der Waals surface area contributed by atoms with Crippen LogP contribution >= 0.6 is 0 Å². The van der Waals surface area contributed by atoms with E-state index in [2.05, 4.69) is 13.8 Å². The normalized spacial score (nSPS) is 18.7. The Balaban J connectivity index is 1.88. The van der Waals surface area contributed by atoms with Crippen molar-refractivity contribution in [2.24, 2.45) is 5.73 Å². The van der Waals surface area contributed by atoms with Crippen LogP contribution in [0.25, 0.3) is 0 Å². The lowest BCUT2D eigenvalue weighted by Crippen LogP contribution is -2.63. The fourth-order valence-electron chi connectivity index (χ4n) is 3.35. The van der Waals surface area contributed by atoms with Gasteiger partial charge in [-0.05, 0) is 37.1 Å². The summed E-state index contributed by atoms with van der Waals surface area (Å²) in [5.74, 6) is 1.46. The van der Waals surface area contributed by atoms with Crippen molar-refractivity contribution in [3.8, 4) is 11.5 Å². The summed E-state index contributed by atoms with van der Waals surface area (Å²) in [6, 6.07) is 14.7. The van der Waals surface area contributed by atoms with Gasteiger partial charge < -0.3 is 20.1 Å². The number of nitrogens with two attached hydrogens (primary N) is 1. The second kappa shape index (κ2) is 9.60. The zero-order valence-corrected chi connectivity index (χ0v) is 16.8. The van der Waals surface area contributed by atoms with Crippen molar-refractivity contribution in [3.05, 3.63) is 54.1 Å². The minimum atomic E-state index is -0.569. The maximum absolute atomic E-state index is 12.5. The Kier molecular flexibility index (Phi) is 6.93. The standard InChI is InChI=1S/C23H30N2O3/c1-3-5-14-27-18-12-13-19(20(16-18)28-15-6-4-2)22-21(24)23(26)25(22)17-10-8-7-9-11-17/h7-13,16,21-22H,3-6,14-15,24H2,1-2H3/t21-,22-/m1/s1. The fraction of sp³-hybridized carbons (Fsp3) is 0.435. The third-order valence-electron chi connectivity index (χ3n) is 5.00. The average Bonchev–Trinajstić information content (AvgIpc) is 2.73. The van der Waals surface area contributed by atoms with Gasteiger partial charge in [0.2, 0.25) is 5.91 Å². The molecule has 0 bridgehead atoms. The Morgan fingerprint density at radius 2 is 1.64 bits per heavy atom. The SMILES string of the molecule is CCCCOc1ccc([C@@H]2[C@@H](N)C(=O)N2c2ccccc2)c(OCCCC)c1. The van der Waals surface area contributed by atoms with E-state index in [1.54, 1.807) is 4.90 Å². The van der Waals surface area contributed by atoms with Gasteiger partial charge in [0.1, 0.15) is 17.5 Å². The van der Waals surface area contributed by atoms with Crippen molar-refractivity contribution >= 4 is 11.6 Å². The van der Waals surface area contributed by atoms with Gasteiger partial charge in [-0.15, -0.1) is 0 Å². The monoisotopic (exact) mass is 382 g/mol. The van der Waals surface area contributed by atoms with E-state index in [-0.39, 0.29) is 11.9 Å². The number of nitrogens with zero attached hydrogens (tertiary/aromatic N) is 1. The van der Waals surface area contributed by atoms with E-state index in [1.165, 1.54) is 0 Å². The van der Waals surface area contributed by atoms with Crippen molar-refractivity contribution in [2.75, 3.05) is 18.1 Å². The van der Waals surface area contributed by atoms with Gasteiger partial charge in [-0.25, -0.2) is 0 Å². The summed E-state index contributed by atoms with van der Waals surface area (Å²) >= 11 is 0. The molecule has 2 atom stereocenters. The molecule has 150 valence electrons. The molecule has 0 aromatic heterocycles. The van der Waals surface area contributed by atoms with Gasteiger partial charge in [0.25, 0.3) is 0 Å². The van der Waals surface area contributed by atoms with Crippen LogP contribution in [-0.2, 0) is 4.79 Å². The quantitative estimate of drug-likeness (QED) is 0.487. The van der Waals surface area contributed by atoms with E-state index in [0.717, 1.165) is 48.4 Å². The molecule has 28 heavy (non-hydrogen) atoms. The highest BCUT2D eigenvalue weighted by atomic mass is 16.5. The number of para-hydroxylation sites is 1. The molecule has 1 saturated heterocycles. The first-order valence-corrected chi connectivity index (χ1v) is 10.2. The van der Waals surface area contributed by atoms with Gasteiger partial charge in [0, 0.05) is 17.3 Å². The molecule has 0 aliphatic carbocycles. The maximum Gasteiger partial charge on any atom is 0.247 e. The summed E-state index contributed by atoms with van der Waals surface area (Å²) in [7, 11) is 0. The number of carbonyl (C=O) groups excluding carboxylic acids is 1. The number of rotatable bonds is 10. The highest BCUT2D eigenvalue weighted by Gasteiger charge is 2.47. The van der Waals surface area contributed by atoms with Crippen LogP contribution in [0.4, 0.5) is 5.69 Å². The third-order valence-corrected chi connectivity index (χ3v) is 5.00. The minimum absolute atomic E-state index is 0.0704. The number of benzene rings is 2. The molecule has 1 amide bonds. The number of β-lactam (4-membered cyclic amide) rings is 1. The predicted molar refractivity (Wildman–Crippen MR) is 112 cm³/mol. The summed E-state index contributed by atoms with van der Waals surface area (Å²) in [6.07, 6.45) is 4.12. The Labute approximate surface area is 167 Å². The van der Waals surface area contributed by atoms with Gasteiger partial charge in [0.05, 0.1) is 19.3 Å². The molecule has 5 nitrogen and oxygen atoms in total. The van der Waals surface area contributed by atoms with Crippen molar-refractivity contribution in [1.82, 2.24) is 0 Å². The number of ether oxygens (including phenoxy) is 2. The van der Waals surface area contributed by atoms with Crippen molar-refractivity contribution in [1.29, 1.82) is 0 Å². The highest BCUT2D eigenvalue weighted by Crippen LogP contribution is 2.42.